The van der Waals surface area contributed by atoms with Gasteiger partial charge in [-0.2, -0.15) is 0 Å². The van der Waals surface area contributed by atoms with Crippen LogP contribution in [0.5, 0.6) is 0 Å². The summed E-state index contributed by atoms with van der Waals surface area (Å²) in [5.74, 6) is -1.04. The minimum Gasteiger partial charge on any atom is -0.355 e. The molecule has 0 fully saturated rings. The third-order valence-electron chi connectivity index (χ3n) is 4.73. The largest absolute Gasteiger partial charge is 0.355 e. The molecule has 12 heteroatoms. The molecule has 0 saturated carbocycles. The molecule has 33 heavy (non-hydrogen) atoms. The summed E-state index contributed by atoms with van der Waals surface area (Å²) >= 11 is 24.5. The summed E-state index contributed by atoms with van der Waals surface area (Å²) in [6.07, 6.45) is 0.950. The van der Waals surface area contributed by atoms with Gasteiger partial charge in [0.2, 0.25) is 21.8 Å². The SMILES string of the molecule is CCNC(=O)[C@H](C)N(Cc1ccc(Cl)cc1Cl)C(=O)CN(c1cc(Cl)ccc1Cl)S(C)(=O)=O. The minimum atomic E-state index is -3.93. The molecule has 2 amide bonds. The second-order valence-electron chi connectivity index (χ2n) is 7.19. The molecule has 2 rings (SSSR count). The molecule has 1 atom stereocenters. The molecular formula is C21H23Cl4N3O4S. The fourth-order valence-corrected chi connectivity index (χ4v) is 4.77. The van der Waals surface area contributed by atoms with E-state index < -0.39 is 34.4 Å². The van der Waals surface area contributed by atoms with Crippen molar-refractivity contribution < 1.29 is 18.0 Å². The van der Waals surface area contributed by atoms with Crippen molar-refractivity contribution in [2.45, 2.75) is 26.4 Å². The molecule has 0 aliphatic heterocycles. The molecule has 0 radical (unpaired) electrons. The molecule has 1 N–H and O–H groups in total. The van der Waals surface area contributed by atoms with E-state index in [0.717, 1.165) is 10.6 Å². The van der Waals surface area contributed by atoms with Gasteiger partial charge in [-0.3, -0.25) is 13.9 Å². The van der Waals surface area contributed by atoms with Crippen LogP contribution in [-0.2, 0) is 26.2 Å². The van der Waals surface area contributed by atoms with Gasteiger partial charge < -0.3 is 10.2 Å². The van der Waals surface area contributed by atoms with Crippen molar-refractivity contribution in [3.63, 3.8) is 0 Å². The monoisotopic (exact) mass is 553 g/mol. The normalized spacial score (nSPS) is 12.2. The quantitative estimate of drug-likeness (QED) is 0.490. The molecule has 0 bridgehead atoms. The van der Waals surface area contributed by atoms with E-state index >= 15 is 0 Å². The van der Waals surface area contributed by atoms with Gasteiger partial charge in [-0.15, -0.1) is 0 Å². The molecule has 0 aliphatic carbocycles. The summed E-state index contributed by atoms with van der Waals surface area (Å²) in [6.45, 7) is 3.01. The average Bonchev–Trinajstić information content (AvgIpc) is 2.72. The summed E-state index contributed by atoms with van der Waals surface area (Å²) in [5.41, 5.74) is 0.590. The average molecular weight is 555 g/mol. The Bertz CT molecular complexity index is 1140. The number of nitrogens with one attached hydrogen (secondary N) is 1. The van der Waals surface area contributed by atoms with Crippen LogP contribution in [0, 0.1) is 0 Å². The summed E-state index contributed by atoms with van der Waals surface area (Å²) < 4.78 is 25.9. The second kappa shape index (κ2) is 11.6. The van der Waals surface area contributed by atoms with Gasteiger partial charge in [-0.05, 0) is 49.7 Å². The summed E-state index contributed by atoms with van der Waals surface area (Å²) in [7, 11) is -3.93. The smallest absolute Gasteiger partial charge is 0.244 e. The lowest BCUT2D eigenvalue weighted by molar-refractivity contribution is -0.139. The maximum atomic E-state index is 13.4. The van der Waals surface area contributed by atoms with Crippen molar-refractivity contribution >= 4 is 73.9 Å². The first-order valence-corrected chi connectivity index (χ1v) is 13.1. The van der Waals surface area contributed by atoms with Gasteiger partial charge >= 0.3 is 0 Å². The highest BCUT2D eigenvalue weighted by Crippen LogP contribution is 2.31. The van der Waals surface area contributed by atoms with E-state index in [1.54, 1.807) is 26.0 Å². The van der Waals surface area contributed by atoms with Crippen LogP contribution in [0.2, 0.25) is 20.1 Å². The molecule has 0 aliphatic rings. The highest BCUT2D eigenvalue weighted by Gasteiger charge is 2.31. The van der Waals surface area contributed by atoms with Crippen LogP contribution >= 0.6 is 46.4 Å². The van der Waals surface area contributed by atoms with E-state index in [1.807, 2.05) is 0 Å². The predicted octanol–water partition coefficient (Wildman–Crippen LogP) is 4.62. The Balaban J connectivity index is 2.46. The van der Waals surface area contributed by atoms with Gasteiger partial charge in [0.25, 0.3) is 0 Å². The first-order valence-electron chi connectivity index (χ1n) is 9.79. The number of carbonyl (C=O) groups excluding carboxylic acids is 2. The zero-order valence-electron chi connectivity index (χ0n) is 18.1. The first-order chi connectivity index (χ1) is 15.3. The Morgan fingerprint density at radius 2 is 1.61 bits per heavy atom. The van der Waals surface area contributed by atoms with Crippen molar-refractivity contribution in [2.75, 3.05) is 23.7 Å². The number of hydrogen-bond donors (Lipinski definition) is 1. The van der Waals surface area contributed by atoms with Gasteiger partial charge in [0.15, 0.2) is 0 Å². The maximum absolute atomic E-state index is 13.4. The number of rotatable bonds is 9. The number of nitrogens with zero attached hydrogens (tertiary/aromatic N) is 2. The third-order valence-corrected chi connectivity index (χ3v) is 7.00. The second-order valence-corrected chi connectivity index (χ2v) is 10.8. The number of hydrogen-bond acceptors (Lipinski definition) is 4. The van der Waals surface area contributed by atoms with Crippen molar-refractivity contribution in [2.24, 2.45) is 0 Å². The zero-order valence-corrected chi connectivity index (χ0v) is 22.0. The van der Waals surface area contributed by atoms with Crippen LogP contribution in [0.4, 0.5) is 5.69 Å². The summed E-state index contributed by atoms with van der Waals surface area (Å²) in [5, 5.41) is 3.73. The standard InChI is InChI=1S/C21H23Cl4N3O4S/c1-4-26-21(30)13(2)27(11-14-5-6-15(22)9-18(14)25)20(29)12-28(33(3,31)32)19-10-16(23)7-8-17(19)24/h5-10,13H,4,11-12H2,1-3H3,(H,26,30)/t13-/m0/s1. The lowest BCUT2D eigenvalue weighted by Gasteiger charge is -2.32. The molecule has 0 aromatic heterocycles. The van der Waals surface area contributed by atoms with Gasteiger partial charge in [0.1, 0.15) is 12.6 Å². The van der Waals surface area contributed by atoms with Crippen LogP contribution in [0.25, 0.3) is 0 Å². The number of amides is 2. The van der Waals surface area contributed by atoms with Gasteiger partial charge in [-0.25, -0.2) is 8.42 Å². The van der Waals surface area contributed by atoms with Crippen LogP contribution in [0.15, 0.2) is 36.4 Å². The van der Waals surface area contributed by atoms with E-state index in [1.165, 1.54) is 29.2 Å². The molecule has 180 valence electrons. The first kappa shape index (κ1) is 27.5. The molecule has 0 heterocycles. The molecule has 0 saturated heterocycles. The van der Waals surface area contributed by atoms with Gasteiger partial charge in [-0.1, -0.05) is 52.5 Å². The number of anilines is 1. The Labute approximate surface area is 213 Å². The van der Waals surface area contributed by atoms with Crippen molar-refractivity contribution in [3.8, 4) is 0 Å². The van der Waals surface area contributed by atoms with E-state index in [-0.39, 0.29) is 22.3 Å². The predicted molar refractivity (Wildman–Crippen MR) is 134 cm³/mol. The summed E-state index contributed by atoms with van der Waals surface area (Å²) in [4.78, 5) is 27.2. The van der Waals surface area contributed by atoms with Crippen LogP contribution in [0.1, 0.15) is 19.4 Å². The number of benzene rings is 2. The molecule has 2 aromatic rings. The van der Waals surface area contributed by atoms with E-state index in [4.69, 9.17) is 46.4 Å². The van der Waals surface area contributed by atoms with Crippen molar-refractivity contribution in [1.82, 2.24) is 10.2 Å². The fraction of sp³-hybridized carbons (Fsp3) is 0.333. The topological polar surface area (TPSA) is 86.8 Å². The van der Waals surface area contributed by atoms with Crippen LogP contribution in [-0.4, -0.2) is 50.5 Å². The Kier molecular flexibility index (Phi) is 9.70. The highest BCUT2D eigenvalue weighted by molar-refractivity contribution is 7.92. The van der Waals surface area contributed by atoms with E-state index in [0.29, 0.717) is 22.2 Å². The van der Waals surface area contributed by atoms with E-state index in [9.17, 15) is 18.0 Å². The molecule has 7 nitrogen and oxygen atoms in total. The molecule has 0 spiro atoms. The maximum Gasteiger partial charge on any atom is 0.244 e. The zero-order chi connectivity index (χ0) is 24.9. The Morgan fingerprint density at radius 1 is 1.00 bits per heavy atom. The van der Waals surface area contributed by atoms with Crippen molar-refractivity contribution in [3.05, 3.63) is 62.1 Å². The van der Waals surface area contributed by atoms with Gasteiger partial charge in [0.05, 0.1) is 17.0 Å². The molecule has 2 aromatic carbocycles. The number of likely N-dealkylation sites (N-methyl/N-ethyl adjacent to an activating group) is 1. The van der Waals surface area contributed by atoms with Crippen LogP contribution in [0.3, 0.4) is 0 Å². The Hall–Kier alpha value is -1.71. The number of halogens is 4. The highest BCUT2D eigenvalue weighted by atomic mass is 35.5. The lowest BCUT2D eigenvalue weighted by Crippen LogP contribution is -2.51. The minimum absolute atomic E-state index is 0.0476. The number of carbonyl (C=O) groups is 2. The fourth-order valence-electron chi connectivity index (χ4n) is 3.01. The lowest BCUT2D eigenvalue weighted by atomic mass is 10.1. The van der Waals surface area contributed by atoms with Crippen LogP contribution < -0.4 is 9.62 Å². The van der Waals surface area contributed by atoms with Crippen molar-refractivity contribution in [1.29, 1.82) is 0 Å². The van der Waals surface area contributed by atoms with E-state index in [2.05, 4.69) is 5.32 Å². The van der Waals surface area contributed by atoms with Gasteiger partial charge in [0, 0.05) is 28.2 Å². The molecule has 0 unspecified atom stereocenters. The molecular weight excluding hydrogens is 532 g/mol. The Morgan fingerprint density at radius 3 is 2.18 bits per heavy atom. The number of sulfonamides is 1. The third kappa shape index (κ3) is 7.39. The summed E-state index contributed by atoms with van der Waals surface area (Å²) in [6, 6.07) is 8.14.